The Balaban J connectivity index is 1.42. The standard InChI is InChI=1S/C42H36ClNO3/c1-31-26-28-36(29-27-31)42(35-22-12-5-13-23-35,37-24-14-15-25-38(37)43)47-40(45)39(44)30-46-41(32-16-6-2-7-17-32,33-18-8-3-9-19-33)34-20-10-4-11-21-34/h2-29,39H,30,44H2,1H3/t39-,42?/m1/s1. The van der Waals surface area contributed by atoms with Gasteiger partial charge < -0.3 is 15.2 Å². The number of carbonyl (C=O) groups excluding carboxylic acids is 1. The van der Waals surface area contributed by atoms with Crippen molar-refractivity contribution in [3.8, 4) is 0 Å². The predicted molar refractivity (Wildman–Crippen MR) is 188 cm³/mol. The van der Waals surface area contributed by atoms with Crippen LogP contribution in [0, 0.1) is 6.92 Å². The lowest BCUT2D eigenvalue weighted by molar-refractivity contribution is -0.157. The monoisotopic (exact) mass is 637 g/mol. The summed E-state index contributed by atoms with van der Waals surface area (Å²) in [4.78, 5) is 14.3. The van der Waals surface area contributed by atoms with E-state index in [0.717, 1.165) is 33.4 Å². The second-order valence-corrected chi connectivity index (χ2v) is 11.9. The second kappa shape index (κ2) is 14.2. The lowest BCUT2D eigenvalue weighted by Crippen LogP contribution is -2.46. The fourth-order valence-corrected chi connectivity index (χ4v) is 6.41. The zero-order valence-electron chi connectivity index (χ0n) is 26.1. The van der Waals surface area contributed by atoms with E-state index in [1.807, 2.05) is 171 Å². The van der Waals surface area contributed by atoms with E-state index in [9.17, 15) is 4.79 Å². The number of benzene rings is 6. The van der Waals surface area contributed by atoms with E-state index in [4.69, 9.17) is 26.8 Å². The first-order chi connectivity index (χ1) is 22.9. The Morgan fingerprint density at radius 1 is 0.574 bits per heavy atom. The highest BCUT2D eigenvalue weighted by atomic mass is 35.5. The van der Waals surface area contributed by atoms with Crippen LogP contribution < -0.4 is 5.73 Å². The van der Waals surface area contributed by atoms with Crippen LogP contribution in [0.3, 0.4) is 0 Å². The lowest BCUT2D eigenvalue weighted by atomic mass is 9.79. The summed E-state index contributed by atoms with van der Waals surface area (Å²) in [5, 5.41) is 0.464. The van der Waals surface area contributed by atoms with Gasteiger partial charge in [-0.25, -0.2) is 0 Å². The summed E-state index contributed by atoms with van der Waals surface area (Å²) < 4.78 is 13.5. The molecule has 0 aliphatic heterocycles. The van der Waals surface area contributed by atoms with Gasteiger partial charge in [-0.05, 0) is 29.7 Å². The first-order valence-corrected chi connectivity index (χ1v) is 16.0. The van der Waals surface area contributed by atoms with Crippen LogP contribution in [0.4, 0.5) is 0 Å². The summed E-state index contributed by atoms with van der Waals surface area (Å²) in [6.45, 7) is 1.89. The average Bonchev–Trinajstić information content (AvgIpc) is 3.13. The van der Waals surface area contributed by atoms with E-state index >= 15 is 0 Å². The minimum absolute atomic E-state index is 0.126. The molecule has 0 saturated carbocycles. The zero-order valence-corrected chi connectivity index (χ0v) is 26.9. The topological polar surface area (TPSA) is 61.5 Å². The first kappa shape index (κ1) is 32.0. The SMILES string of the molecule is Cc1ccc(C(OC(=O)[C@H](N)COC(c2ccccc2)(c2ccccc2)c2ccccc2)(c2ccccc2)c2ccccc2Cl)cc1. The molecule has 234 valence electrons. The molecule has 0 saturated heterocycles. The molecule has 1 unspecified atom stereocenters. The Labute approximate surface area is 281 Å². The van der Waals surface area contributed by atoms with Crippen LogP contribution in [-0.4, -0.2) is 18.6 Å². The summed E-state index contributed by atoms with van der Waals surface area (Å²) >= 11 is 6.88. The van der Waals surface area contributed by atoms with E-state index in [1.54, 1.807) is 6.07 Å². The lowest BCUT2D eigenvalue weighted by Gasteiger charge is -2.38. The number of carbonyl (C=O) groups is 1. The maximum atomic E-state index is 14.3. The van der Waals surface area contributed by atoms with Crippen LogP contribution in [0.1, 0.15) is 38.9 Å². The Morgan fingerprint density at radius 2 is 0.957 bits per heavy atom. The highest BCUT2D eigenvalue weighted by molar-refractivity contribution is 6.31. The van der Waals surface area contributed by atoms with Crippen molar-refractivity contribution in [3.63, 3.8) is 0 Å². The van der Waals surface area contributed by atoms with Gasteiger partial charge in [-0.3, -0.25) is 4.79 Å². The van der Waals surface area contributed by atoms with Gasteiger partial charge in [-0.1, -0.05) is 181 Å². The summed E-state index contributed by atoms with van der Waals surface area (Å²) in [6, 6.07) is 53.8. The first-order valence-electron chi connectivity index (χ1n) is 15.6. The van der Waals surface area contributed by atoms with E-state index < -0.39 is 23.2 Å². The Kier molecular flexibility index (Phi) is 9.65. The fourth-order valence-electron chi connectivity index (χ4n) is 6.14. The molecule has 0 bridgehead atoms. The minimum atomic E-state index is -1.38. The molecular formula is C42H36ClNO3. The quantitative estimate of drug-likeness (QED) is 0.114. The number of esters is 1. The normalized spacial score (nSPS) is 13.3. The largest absolute Gasteiger partial charge is 0.443 e. The molecular weight excluding hydrogens is 602 g/mol. The molecule has 6 rings (SSSR count). The molecule has 5 heteroatoms. The number of halogens is 1. The average molecular weight is 638 g/mol. The van der Waals surface area contributed by atoms with Gasteiger partial charge in [-0.2, -0.15) is 0 Å². The molecule has 4 nitrogen and oxygen atoms in total. The van der Waals surface area contributed by atoms with E-state index in [-0.39, 0.29) is 6.61 Å². The molecule has 47 heavy (non-hydrogen) atoms. The van der Waals surface area contributed by atoms with E-state index in [2.05, 4.69) is 0 Å². The summed E-state index contributed by atoms with van der Waals surface area (Å²) in [7, 11) is 0. The van der Waals surface area contributed by atoms with Crippen LogP contribution in [-0.2, 0) is 25.5 Å². The maximum Gasteiger partial charge on any atom is 0.326 e. The van der Waals surface area contributed by atoms with Gasteiger partial charge in [0.25, 0.3) is 0 Å². The smallest absolute Gasteiger partial charge is 0.326 e. The van der Waals surface area contributed by atoms with Gasteiger partial charge in [0.15, 0.2) is 5.60 Å². The Morgan fingerprint density at radius 3 is 1.40 bits per heavy atom. The van der Waals surface area contributed by atoms with Gasteiger partial charge in [0, 0.05) is 21.7 Å². The van der Waals surface area contributed by atoms with Gasteiger partial charge in [0.05, 0.1) is 6.61 Å². The van der Waals surface area contributed by atoms with Crippen LogP contribution >= 0.6 is 11.6 Å². The van der Waals surface area contributed by atoms with Crippen molar-refractivity contribution in [1.29, 1.82) is 0 Å². The van der Waals surface area contributed by atoms with Crippen molar-refractivity contribution in [2.45, 2.75) is 24.2 Å². The van der Waals surface area contributed by atoms with Crippen molar-refractivity contribution in [3.05, 3.63) is 214 Å². The number of hydrogen-bond acceptors (Lipinski definition) is 4. The molecule has 2 N–H and O–H groups in total. The van der Waals surface area contributed by atoms with Gasteiger partial charge in [-0.15, -0.1) is 0 Å². The highest BCUT2D eigenvalue weighted by Crippen LogP contribution is 2.44. The van der Waals surface area contributed by atoms with Gasteiger partial charge >= 0.3 is 5.97 Å². The van der Waals surface area contributed by atoms with Crippen LogP contribution in [0.5, 0.6) is 0 Å². The summed E-state index contributed by atoms with van der Waals surface area (Å²) in [5.41, 5.74) is 10.2. The molecule has 6 aromatic carbocycles. The summed E-state index contributed by atoms with van der Waals surface area (Å²) in [6.07, 6.45) is 0. The highest BCUT2D eigenvalue weighted by Gasteiger charge is 2.44. The zero-order chi connectivity index (χ0) is 32.7. The predicted octanol–water partition coefficient (Wildman–Crippen LogP) is 8.82. The summed E-state index contributed by atoms with van der Waals surface area (Å²) in [5.74, 6) is -0.627. The number of ether oxygens (including phenoxy) is 2. The minimum Gasteiger partial charge on any atom is -0.443 e. The number of nitrogens with two attached hydrogens (primary N) is 1. The Bertz CT molecular complexity index is 1800. The molecule has 6 aromatic rings. The third-order valence-electron chi connectivity index (χ3n) is 8.47. The van der Waals surface area contributed by atoms with Crippen LogP contribution in [0.25, 0.3) is 0 Å². The number of rotatable bonds is 11. The Hall–Kier alpha value is -5.00. The van der Waals surface area contributed by atoms with Gasteiger partial charge in [0.1, 0.15) is 11.6 Å². The number of aryl methyl sites for hydroxylation is 1. The third kappa shape index (κ3) is 6.36. The molecule has 0 fully saturated rings. The molecule has 0 radical (unpaired) electrons. The van der Waals surface area contributed by atoms with Crippen molar-refractivity contribution in [2.24, 2.45) is 5.73 Å². The second-order valence-electron chi connectivity index (χ2n) is 11.5. The molecule has 0 aliphatic carbocycles. The van der Waals surface area contributed by atoms with Crippen LogP contribution in [0.15, 0.2) is 170 Å². The van der Waals surface area contributed by atoms with Gasteiger partial charge in [0.2, 0.25) is 0 Å². The van der Waals surface area contributed by atoms with Crippen molar-refractivity contribution in [2.75, 3.05) is 6.61 Å². The molecule has 0 aromatic heterocycles. The van der Waals surface area contributed by atoms with Crippen molar-refractivity contribution < 1.29 is 14.3 Å². The van der Waals surface area contributed by atoms with Crippen molar-refractivity contribution in [1.82, 2.24) is 0 Å². The number of hydrogen-bond donors (Lipinski definition) is 1. The van der Waals surface area contributed by atoms with E-state index in [1.165, 1.54) is 0 Å². The molecule has 0 amide bonds. The molecule has 2 atom stereocenters. The van der Waals surface area contributed by atoms with Crippen LogP contribution in [0.2, 0.25) is 5.02 Å². The molecule has 0 aliphatic rings. The third-order valence-corrected chi connectivity index (χ3v) is 8.80. The molecule has 0 heterocycles. The van der Waals surface area contributed by atoms with Crippen molar-refractivity contribution >= 4 is 17.6 Å². The molecule has 0 spiro atoms. The fraction of sp³-hybridized carbons (Fsp3) is 0.119. The van der Waals surface area contributed by atoms with E-state index in [0.29, 0.717) is 10.6 Å². The maximum absolute atomic E-state index is 14.3.